The summed E-state index contributed by atoms with van der Waals surface area (Å²) in [6, 6.07) is 14.4. The number of hydrogen-bond acceptors (Lipinski definition) is 1. The molecule has 0 unspecified atom stereocenters. The number of carbonyl (C=O) groups excluding carboxylic acids is 1. The van der Waals surface area contributed by atoms with Gasteiger partial charge in [0.1, 0.15) is 6.29 Å². The molecule has 0 heterocycles. The number of aldehydes is 1. The van der Waals surface area contributed by atoms with Crippen LogP contribution in [-0.4, -0.2) is 6.29 Å². The van der Waals surface area contributed by atoms with E-state index >= 15 is 0 Å². The average Bonchev–Trinajstić information content (AvgIpc) is 2.49. The number of aryl methyl sites for hydroxylation is 3. The van der Waals surface area contributed by atoms with E-state index in [2.05, 4.69) is 51.6 Å². The lowest BCUT2D eigenvalue weighted by molar-refractivity contribution is -0.104. The summed E-state index contributed by atoms with van der Waals surface area (Å²) in [5.41, 5.74) is 7.64. The molecule has 0 aromatic heterocycles. The van der Waals surface area contributed by atoms with Gasteiger partial charge in [-0.05, 0) is 55.0 Å². The van der Waals surface area contributed by atoms with Crippen LogP contribution in [0.5, 0.6) is 0 Å². The van der Waals surface area contributed by atoms with E-state index < -0.39 is 0 Å². The molecule has 0 amide bonds. The van der Waals surface area contributed by atoms with Crippen LogP contribution in [0, 0.1) is 20.8 Å². The molecule has 1 nitrogen and oxygen atoms in total. The van der Waals surface area contributed by atoms with Crippen LogP contribution < -0.4 is 0 Å². The normalized spacial score (nSPS) is 11.8. The molecule has 0 spiro atoms. The van der Waals surface area contributed by atoms with E-state index in [4.69, 9.17) is 0 Å². The van der Waals surface area contributed by atoms with E-state index in [1.807, 2.05) is 18.2 Å². The van der Waals surface area contributed by atoms with Gasteiger partial charge in [-0.2, -0.15) is 0 Å². The number of allylic oxidation sites excluding steroid dienone is 2. The van der Waals surface area contributed by atoms with Gasteiger partial charge >= 0.3 is 0 Å². The van der Waals surface area contributed by atoms with Crippen LogP contribution in [0.2, 0.25) is 0 Å². The highest BCUT2D eigenvalue weighted by Crippen LogP contribution is 2.33. The smallest absolute Gasteiger partial charge is 0.146 e. The third-order valence-electron chi connectivity index (χ3n) is 3.82. The fraction of sp³-hybridized carbons (Fsp3) is 0.190. The van der Waals surface area contributed by atoms with Gasteiger partial charge < -0.3 is 0 Å². The van der Waals surface area contributed by atoms with Crippen LogP contribution in [0.1, 0.15) is 34.2 Å². The number of hydrogen-bond donors (Lipinski definition) is 0. The van der Waals surface area contributed by atoms with Crippen molar-refractivity contribution in [3.05, 3.63) is 88.5 Å². The predicted molar refractivity (Wildman–Crippen MR) is 94.0 cm³/mol. The summed E-state index contributed by atoms with van der Waals surface area (Å²) >= 11 is 0. The van der Waals surface area contributed by atoms with Crippen molar-refractivity contribution in [3.8, 4) is 0 Å². The Labute approximate surface area is 133 Å². The molecule has 112 valence electrons. The third-order valence-corrected chi connectivity index (χ3v) is 3.82. The Hall–Kier alpha value is -2.41. The van der Waals surface area contributed by atoms with Crippen LogP contribution >= 0.6 is 0 Å². The van der Waals surface area contributed by atoms with Crippen LogP contribution in [-0.2, 0) is 4.79 Å². The summed E-state index contributed by atoms with van der Waals surface area (Å²) in [6.07, 6.45) is 3.31. The monoisotopic (exact) mass is 290 g/mol. The minimum Gasteiger partial charge on any atom is -0.298 e. The highest BCUT2D eigenvalue weighted by atomic mass is 16.1. The highest BCUT2D eigenvalue weighted by Gasteiger charge is 2.15. The maximum atomic E-state index is 11.7. The third kappa shape index (κ3) is 3.25. The quantitative estimate of drug-likeness (QED) is 0.421. The second kappa shape index (κ2) is 7.04. The average molecular weight is 290 g/mol. The Morgan fingerprint density at radius 3 is 2.14 bits per heavy atom. The van der Waals surface area contributed by atoms with Gasteiger partial charge in [-0.1, -0.05) is 54.1 Å². The summed E-state index contributed by atoms with van der Waals surface area (Å²) in [7, 11) is 0. The molecule has 1 heteroatoms. The topological polar surface area (TPSA) is 17.1 Å². The van der Waals surface area contributed by atoms with E-state index in [1.54, 1.807) is 6.08 Å². The molecule has 0 atom stereocenters. The molecule has 2 aromatic carbocycles. The zero-order chi connectivity index (χ0) is 16.1. The van der Waals surface area contributed by atoms with E-state index in [0.717, 1.165) is 28.6 Å². The molecule has 0 saturated carbocycles. The second-order valence-electron chi connectivity index (χ2n) is 5.65. The first-order valence-electron chi connectivity index (χ1n) is 7.51. The summed E-state index contributed by atoms with van der Waals surface area (Å²) < 4.78 is 0. The molecule has 0 aliphatic rings. The first-order valence-corrected chi connectivity index (χ1v) is 7.51. The van der Waals surface area contributed by atoms with Gasteiger partial charge in [0.05, 0.1) is 0 Å². The molecular formula is C21H22O. The molecule has 0 N–H and O–H groups in total. The largest absolute Gasteiger partial charge is 0.298 e. The van der Waals surface area contributed by atoms with Crippen LogP contribution in [0.3, 0.4) is 0 Å². The van der Waals surface area contributed by atoms with Gasteiger partial charge in [0.15, 0.2) is 0 Å². The summed E-state index contributed by atoms with van der Waals surface area (Å²) in [5.74, 6) is 0. The van der Waals surface area contributed by atoms with Crippen LogP contribution in [0.4, 0.5) is 0 Å². The second-order valence-corrected chi connectivity index (χ2v) is 5.65. The molecule has 0 fully saturated rings. The van der Waals surface area contributed by atoms with Gasteiger partial charge in [0.25, 0.3) is 0 Å². The molecule has 0 radical (unpaired) electrons. The Morgan fingerprint density at radius 2 is 1.64 bits per heavy atom. The van der Waals surface area contributed by atoms with Crippen molar-refractivity contribution in [1.29, 1.82) is 0 Å². The Bertz CT molecular complexity index is 698. The zero-order valence-corrected chi connectivity index (χ0v) is 13.5. The van der Waals surface area contributed by atoms with E-state index in [9.17, 15) is 4.79 Å². The lowest BCUT2D eigenvalue weighted by atomic mass is 9.86. The van der Waals surface area contributed by atoms with Crippen LogP contribution in [0.15, 0.2) is 60.7 Å². The fourth-order valence-electron chi connectivity index (χ4n) is 3.03. The maximum Gasteiger partial charge on any atom is 0.146 e. The molecule has 0 aliphatic heterocycles. The number of rotatable bonds is 5. The number of benzene rings is 2. The van der Waals surface area contributed by atoms with Crippen molar-refractivity contribution in [2.75, 3.05) is 0 Å². The lowest BCUT2D eigenvalue weighted by Gasteiger charge is -2.18. The van der Waals surface area contributed by atoms with E-state index in [-0.39, 0.29) is 0 Å². The van der Waals surface area contributed by atoms with Gasteiger partial charge in [-0.3, -0.25) is 4.79 Å². The minimum atomic E-state index is 0.570. The zero-order valence-electron chi connectivity index (χ0n) is 13.5. The SMILES string of the molecule is C=CC/C(C=O)=C(\c1ccccc1)c1c(C)cc(C)cc1C. The fourth-order valence-corrected chi connectivity index (χ4v) is 3.03. The van der Waals surface area contributed by atoms with Gasteiger partial charge in [-0.25, -0.2) is 0 Å². The van der Waals surface area contributed by atoms with E-state index in [0.29, 0.717) is 6.42 Å². The van der Waals surface area contributed by atoms with Crippen molar-refractivity contribution < 1.29 is 4.79 Å². The molecule has 0 aliphatic carbocycles. The molecule has 0 saturated heterocycles. The van der Waals surface area contributed by atoms with Gasteiger partial charge in [0, 0.05) is 5.57 Å². The molecule has 0 bridgehead atoms. The van der Waals surface area contributed by atoms with Crippen molar-refractivity contribution >= 4 is 11.9 Å². The van der Waals surface area contributed by atoms with Gasteiger partial charge in [0.2, 0.25) is 0 Å². The summed E-state index contributed by atoms with van der Waals surface area (Å²) in [6.45, 7) is 10.1. The first kappa shape index (κ1) is 16.0. The predicted octanol–water partition coefficient (Wildman–Crippen LogP) is 5.19. The van der Waals surface area contributed by atoms with Gasteiger partial charge in [-0.15, -0.1) is 6.58 Å². The van der Waals surface area contributed by atoms with E-state index in [1.165, 1.54) is 16.7 Å². The van der Waals surface area contributed by atoms with Crippen molar-refractivity contribution in [3.63, 3.8) is 0 Å². The van der Waals surface area contributed by atoms with Crippen molar-refractivity contribution in [1.82, 2.24) is 0 Å². The van der Waals surface area contributed by atoms with Crippen molar-refractivity contribution in [2.24, 2.45) is 0 Å². The van der Waals surface area contributed by atoms with Crippen molar-refractivity contribution in [2.45, 2.75) is 27.2 Å². The summed E-state index contributed by atoms with van der Waals surface area (Å²) in [5, 5.41) is 0. The first-order chi connectivity index (χ1) is 10.6. The highest BCUT2D eigenvalue weighted by molar-refractivity contribution is 5.96. The van der Waals surface area contributed by atoms with Crippen LogP contribution in [0.25, 0.3) is 5.57 Å². The Kier molecular flexibility index (Phi) is 5.11. The molecule has 2 rings (SSSR count). The molecule has 22 heavy (non-hydrogen) atoms. The Morgan fingerprint density at radius 1 is 1.05 bits per heavy atom. The Balaban J connectivity index is 2.81. The maximum absolute atomic E-state index is 11.7. The molecular weight excluding hydrogens is 268 g/mol. The molecule has 2 aromatic rings. The number of carbonyl (C=O) groups is 1. The summed E-state index contributed by atoms with van der Waals surface area (Å²) in [4.78, 5) is 11.7. The standard InChI is InChI=1S/C21H22O/c1-5-9-19(14-22)21(18-10-7-6-8-11-18)20-16(3)12-15(2)13-17(20)4/h5-8,10-14H,1,9H2,2-4H3/b21-19-. The lowest BCUT2D eigenvalue weighted by Crippen LogP contribution is -2.01. The minimum absolute atomic E-state index is 0.570.